The van der Waals surface area contributed by atoms with E-state index in [-0.39, 0.29) is 96.1 Å². The average Bonchev–Trinajstić information content (AvgIpc) is 1.79. The summed E-state index contributed by atoms with van der Waals surface area (Å²) in [6, 6.07) is 37.9. The second-order valence-corrected chi connectivity index (χ2v) is 25.2. The quantitative estimate of drug-likeness (QED) is 0.0282. The SMILES string of the molecule is CN(C)c1ccc(/C=C/c2sc(CN)nc2C(=O)O)cc1.COc1cc(-c2oc(CN)nc2C(=O)O)cc(C)c1SC.CSc1ccc(-c2oc(CN)nc2C(=O)O)cc1.CSc1ccc(-c2sc(CN)nc2C(=O)O)cc1.NCc1nc(C(=O)O)c(-c2ccc(-n3cccc3)cc2)o1. The summed E-state index contributed by atoms with van der Waals surface area (Å²) in [7, 11) is 5.54. The molecule has 11 rings (SSSR count). The number of thioether (sulfide) groups is 3. The summed E-state index contributed by atoms with van der Waals surface area (Å²) in [5.41, 5.74) is 33.9. The predicted octanol–water partition coefficient (Wildman–Crippen LogP) is 12.3. The fraction of sp³-hybridized carbons (Fsp3) is 0.176. The van der Waals surface area contributed by atoms with Crippen LogP contribution in [0.2, 0.25) is 0 Å². The molecule has 516 valence electrons. The van der Waals surface area contributed by atoms with Gasteiger partial charge in [-0.2, -0.15) is 0 Å². The Morgan fingerprint density at radius 3 is 1.34 bits per heavy atom. The molecule has 6 aromatic heterocycles. The van der Waals surface area contributed by atoms with Crippen molar-refractivity contribution in [2.45, 2.75) is 54.3 Å². The van der Waals surface area contributed by atoms with Crippen LogP contribution in [0, 0.1) is 6.92 Å². The maximum atomic E-state index is 11.3. The molecular formula is C68H70N12O14S5. The second kappa shape index (κ2) is 36.4. The molecule has 15 N–H and O–H groups in total. The highest BCUT2D eigenvalue weighted by molar-refractivity contribution is 7.99. The van der Waals surface area contributed by atoms with Crippen LogP contribution in [0.5, 0.6) is 5.75 Å². The van der Waals surface area contributed by atoms with Gasteiger partial charge in [-0.25, -0.2) is 48.9 Å². The minimum atomic E-state index is -1.15. The molecule has 0 fully saturated rings. The molecule has 6 heterocycles. The lowest BCUT2D eigenvalue weighted by molar-refractivity contribution is 0.0680. The van der Waals surface area contributed by atoms with Crippen molar-refractivity contribution < 1.29 is 67.5 Å². The van der Waals surface area contributed by atoms with Crippen molar-refractivity contribution in [1.29, 1.82) is 0 Å². The normalized spacial score (nSPS) is 10.7. The van der Waals surface area contributed by atoms with Gasteiger partial charge in [-0.05, 0) is 133 Å². The average molecular weight is 1440 g/mol. The summed E-state index contributed by atoms with van der Waals surface area (Å²) in [5, 5.41) is 47.0. The number of thiazole rings is 2. The predicted molar refractivity (Wildman–Crippen MR) is 385 cm³/mol. The number of nitrogens with two attached hydrogens (primary N) is 5. The molecule has 0 aliphatic rings. The van der Waals surface area contributed by atoms with Crippen LogP contribution >= 0.6 is 58.0 Å². The molecule has 11 aromatic rings. The van der Waals surface area contributed by atoms with E-state index >= 15 is 0 Å². The van der Waals surface area contributed by atoms with E-state index in [4.69, 9.17) is 62.0 Å². The first-order valence-electron chi connectivity index (χ1n) is 29.4. The van der Waals surface area contributed by atoms with Gasteiger partial charge in [0.15, 0.2) is 45.8 Å². The molecule has 31 heteroatoms. The molecule has 0 aliphatic carbocycles. The zero-order chi connectivity index (χ0) is 72.0. The third-order valence-corrected chi connectivity index (χ3v) is 18.4. The first-order valence-corrected chi connectivity index (χ1v) is 34.7. The highest BCUT2D eigenvalue weighted by Gasteiger charge is 2.25. The van der Waals surface area contributed by atoms with Gasteiger partial charge in [0.1, 0.15) is 15.8 Å². The number of hydrogen-bond acceptors (Lipinski definition) is 25. The molecule has 99 heavy (non-hydrogen) atoms. The molecule has 0 atom stereocenters. The lowest BCUT2D eigenvalue weighted by atomic mass is 10.1. The Hall–Kier alpha value is -10.2. The van der Waals surface area contributed by atoms with Crippen LogP contribution in [0.25, 0.3) is 62.3 Å². The van der Waals surface area contributed by atoms with Gasteiger partial charge in [0.05, 0.1) is 41.4 Å². The summed E-state index contributed by atoms with van der Waals surface area (Å²) >= 11 is 7.45. The van der Waals surface area contributed by atoms with Gasteiger partial charge in [0.25, 0.3) is 0 Å². The number of hydrogen-bond donors (Lipinski definition) is 10. The van der Waals surface area contributed by atoms with E-state index in [2.05, 4.69) is 24.9 Å². The summed E-state index contributed by atoms with van der Waals surface area (Å²) in [5.74, 6) is -3.52. The van der Waals surface area contributed by atoms with Crippen molar-refractivity contribution in [2.75, 3.05) is 44.9 Å². The van der Waals surface area contributed by atoms with Gasteiger partial charge in [-0.15, -0.1) is 58.0 Å². The molecule has 0 bridgehead atoms. The number of carboxylic acids is 5. The van der Waals surface area contributed by atoms with Crippen LogP contribution in [0.15, 0.2) is 162 Å². The van der Waals surface area contributed by atoms with Crippen LogP contribution in [-0.4, -0.2) is 125 Å². The van der Waals surface area contributed by atoms with Gasteiger partial charge >= 0.3 is 29.8 Å². The van der Waals surface area contributed by atoms with Crippen LogP contribution in [0.4, 0.5) is 5.69 Å². The van der Waals surface area contributed by atoms with E-state index in [1.165, 1.54) is 22.7 Å². The van der Waals surface area contributed by atoms with E-state index in [0.29, 0.717) is 42.2 Å². The molecule has 0 saturated heterocycles. The molecule has 0 unspecified atom stereocenters. The molecule has 5 aromatic carbocycles. The van der Waals surface area contributed by atoms with Crippen LogP contribution in [-0.2, 0) is 32.7 Å². The highest BCUT2D eigenvalue weighted by atomic mass is 32.2. The van der Waals surface area contributed by atoms with Crippen molar-refractivity contribution >= 4 is 106 Å². The van der Waals surface area contributed by atoms with Crippen molar-refractivity contribution in [3.05, 3.63) is 206 Å². The van der Waals surface area contributed by atoms with E-state index in [1.807, 2.05) is 159 Å². The minimum Gasteiger partial charge on any atom is -0.496 e. The number of aryl methyl sites for hydroxylation is 1. The summed E-state index contributed by atoms with van der Waals surface area (Å²) in [4.78, 5) is 82.1. The van der Waals surface area contributed by atoms with E-state index in [1.54, 1.807) is 78.8 Å². The van der Waals surface area contributed by atoms with Gasteiger partial charge in [-0.3, -0.25) is 0 Å². The number of nitrogens with zero attached hydrogens (tertiary/aromatic N) is 7. The Bertz CT molecular complexity index is 4460. The zero-order valence-electron chi connectivity index (χ0n) is 54.4. The Morgan fingerprint density at radius 2 is 0.939 bits per heavy atom. The molecule has 0 amide bonds. The Kier molecular flexibility index (Phi) is 28.0. The number of carboxylic acid groups (broad SMARTS) is 5. The van der Waals surface area contributed by atoms with Crippen molar-refractivity contribution in [3.63, 3.8) is 0 Å². The molecule has 0 radical (unpaired) electrons. The Balaban J connectivity index is 0.000000174. The molecule has 0 saturated carbocycles. The van der Waals surface area contributed by atoms with E-state index < -0.39 is 29.8 Å². The molecule has 0 aliphatic heterocycles. The lowest BCUT2D eigenvalue weighted by Gasteiger charge is -2.11. The molecular weight excluding hydrogens is 1370 g/mol. The number of anilines is 1. The first kappa shape index (κ1) is 76.2. The maximum absolute atomic E-state index is 11.3. The maximum Gasteiger partial charge on any atom is 0.358 e. The van der Waals surface area contributed by atoms with Crippen LogP contribution < -0.4 is 38.3 Å². The smallest absolute Gasteiger partial charge is 0.358 e. The van der Waals surface area contributed by atoms with Gasteiger partial charge in [-0.1, -0.05) is 42.5 Å². The number of rotatable bonds is 22. The minimum absolute atomic E-state index is 0.0410. The summed E-state index contributed by atoms with van der Waals surface area (Å²) in [6.07, 6.45) is 13.4. The van der Waals surface area contributed by atoms with Crippen LogP contribution in [0.1, 0.15) is 96.1 Å². The molecule has 26 nitrogen and oxygen atoms in total. The van der Waals surface area contributed by atoms with Crippen molar-refractivity contribution in [3.8, 4) is 55.8 Å². The number of aromatic nitrogens is 6. The number of oxazole rings is 3. The number of aromatic carboxylic acids is 5. The largest absolute Gasteiger partial charge is 0.496 e. The zero-order valence-corrected chi connectivity index (χ0v) is 58.4. The van der Waals surface area contributed by atoms with Gasteiger partial charge < -0.3 is 81.7 Å². The number of ether oxygens (including phenoxy) is 1. The van der Waals surface area contributed by atoms with Gasteiger partial charge in [0.2, 0.25) is 17.7 Å². The summed E-state index contributed by atoms with van der Waals surface area (Å²) in [6.45, 7) is 2.60. The second-order valence-electron chi connectivity index (χ2n) is 20.5. The number of benzene rings is 5. The fourth-order valence-corrected chi connectivity index (χ4v) is 12.3. The topological polar surface area (TPSA) is 438 Å². The summed E-state index contributed by atoms with van der Waals surface area (Å²) < 4.78 is 23.5. The van der Waals surface area contributed by atoms with Crippen molar-refractivity contribution in [2.24, 2.45) is 28.7 Å². The van der Waals surface area contributed by atoms with Gasteiger partial charge in [0, 0.05) is 77.4 Å². The third kappa shape index (κ3) is 20.0. The standard InChI is InChI=1S/C15H13N3O3.C15H17N3O2S.C14H16N2O4S.C12H12N2O3S.C12H12N2O2S2/c16-9-12-17-13(15(19)20)14(21-12)10-3-5-11(6-4-10)18-7-1-2-8-18;1-18(2)11-6-3-10(4-7-11)5-8-12-14(15(19)20)17-13(9-16)21-12;1-7-4-8(5-9(19-2)13(7)21-3)12-11(14(17)18)16-10(6-15)20-12;1-18-8-4-2-7(3-5-8)11-10(12(15)16)14-9(6-13)17-11;1-17-8-4-2-7(3-5-8)11-10(12(15)16)14-9(6-13)18-11/h1-8H,9,16H2,(H,19,20);3-8H,9,16H2,1-2H3,(H,19,20);4-5H,6,15H2,1-3H3,(H,17,18);2*2-5H,6,13H2,1H3,(H,15,16)/b;8-5+;;;. The number of carbonyl (C=O) groups is 5. The van der Waals surface area contributed by atoms with Crippen LogP contribution in [0.3, 0.4) is 0 Å². The monoisotopic (exact) mass is 1440 g/mol. The van der Waals surface area contributed by atoms with Crippen molar-refractivity contribution in [1.82, 2.24) is 29.5 Å². The van der Waals surface area contributed by atoms with E-state index in [9.17, 15) is 34.2 Å². The molecule has 0 spiro atoms. The lowest BCUT2D eigenvalue weighted by Crippen LogP contribution is -2.07. The third-order valence-electron chi connectivity index (χ3n) is 13.8. The Labute approximate surface area is 588 Å². The first-order chi connectivity index (χ1) is 47.5. The fourth-order valence-electron chi connectivity index (χ4n) is 9.02. The number of methoxy groups -OCH3 is 1. The van der Waals surface area contributed by atoms with E-state index in [0.717, 1.165) is 42.8 Å². The highest BCUT2D eigenvalue weighted by Crippen LogP contribution is 2.38. The Morgan fingerprint density at radius 1 is 0.515 bits per heavy atom.